The predicted octanol–water partition coefficient (Wildman–Crippen LogP) is 2.29. The van der Waals surface area contributed by atoms with E-state index >= 15 is 0 Å². The van der Waals surface area contributed by atoms with E-state index in [9.17, 15) is 4.79 Å². The van der Waals surface area contributed by atoms with Crippen molar-refractivity contribution in [3.8, 4) is 0 Å². The van der Waals surface area contributed by atoms with Gasteiger partial charge in [0, 0.05) is 0 Å². The molecule has 1 aliphatic heterocycles. The highest BCUT2D eigenvalue weighted by molar-refractivity contribution is 6.24. The van der Waals surface area contributed by atoms with Crippen molar-refractivity contribution in [2.75, 3.05) is 0 Å². The van der Waals surface area contributed by atoms with Gasteiger partial charge in [-0.05, 0) is 37.5 Å². The minimum atomic E-state index is -0.0208. The van der Waals surface area contributed by atoms with Gasteiger partial charge in [0.25, 0.3) is 0 Å². The second kappa shape index (κ2) is 3.70. The highest BCUT2D eigenvalue weighted by Gasteiger charge is 2.18. The molecule has 0 spiro atoms. The third-order valence-electron chi connectivity index (χ3n) is 2.31. The van der Waals surface area contributed by atoms with Crippen LogP contribution in [0, 0.1) is 5.41 Å². The first-order valence-electron chi connectivity index (χ1n) is 4.46. The summed E-state index contributed by atoms with van der Waals surface area (Å²) in [6, 6.07) is 0. The predicted molar refractivity (Wildman–Crippen MR) is 58.0 cm³/mol. The van der Waals surface area contributed by atoms with E-state index < -0.39 is 0 Å². The Morgan fingerprint density at radius 1 is 1.43 bits per heavy atom. The molecule has 14 heavy (non-hydrogen) atoms. The monoisotopic (exact) mass is 190 g/mol. The van der Waals surface area contributed by atoms with Gasteiger partial charge in [0.05, 0.1) is 12.1 Å². The average molecular weight is 190 g/mol. The Morgan fingerprint density at radius 3 is 2.50 bits per heavy atom. The van der Waals surface area contributed by atoms with Gasteiger partial charge in [0.15, 0.2) is 5.78 Å². The van der Waals surface area contributed by atoms with E-state index in [4.69, 9.17) is 5.41 Å². The zero-order valence-corrected chi connectivity index (χ0v) is 8.77. The molecule has 74 valence electrons. The topological polar surface area (TPSA) is 53.3 Å². The molecule has 1 N–H and O–H groups in total. The summed E-state index contributed by atoms with van der Waals surface area (Å²) in [5, 5.41) is 7.49. The van der Waals surface area contributed by atoms with Crippen LogP contribution < -0.4 is 0 Å². The third kappa shape index (κ3) is 1.87. The fourth-order valence-corrected chi connectivity index (χ4v) is 1.35. The van der Waals surface area contributed by atoms with E-state index in [-0.39, 0.29) is 18.0 Å². The lowest BCUT2D eigenvalue weighted by molar-refractivity contribution is -0.114. The van der Waals surface area contributed by atoms with Crippen LogP contribution in [0.5, 0.6) is 0 Å². The quantitative estimate of drug-likeness (QED) is 0.677. The van der Waals surface area contributed by atoms with Crippen molar-refractivity contribution >= 4 is 17.3 Å². The minimum absolute atomic E-state index is 0.0208. The van der Waals surface area contributed by atoms with E-state index in [2.05, 4.69) is 11.6 Å². The molecule has 0 amide bonds. The van der Waals surface area contributed by atoms with Crippen LogP contribution in [0.25, 0.3) is 0 Å². The summed E-state index contributed by atoms with van der Waals surface area (Å²) in [7, 11) is 0. The maximum absolute atomic E-state index is 11.5. The molecule has 3 heteroatoms. The second-order valence-corrected chi connectivity index (χ2v) is 3.54. The third-order valence-corrected chi connectivity index (χ3v) is 2.31. The van der Waals surface area contributed by atoms with Crippen LogP contribution in [0.2, 0.25) is 0 Å². The normalized spacial score (nSPS) is 18.1. The second-order valence-electron chi connectivity index (χ2n) is 3.54. The first-order chi connectivity index (χ1) is 6.43. The van der Waals surface area contributed by atoms with Crippen molar-refractivity contribution in [3.63, 3.8) is 0 Å². The van der Waals surface area contributed by atoms with Crippen molar-refractivity contribution < 1.29 is 4.79 Å². The Labute approximate surface area is 83.7 Å². The molecule has 0 fully saturated rings. The number of amidine groups is 1. The molecular weight excluding hydrogens is 176 g/mol. The molecule has 0 unspecified atom stereocenters. The number of nitrogens with one attached hydrogen (secondary N) is 1. The highest BCUT2D eigenvalue weighted by Crippen LogP contribution is 2.17. The van der Waals surface area contributed by atoms with E-state index in [1.165, 1.54) is 0 Å². The van der Waals surface area contributed by atoms with Crippen LogP contribution in [0.4, 0.5) is 0 Å². The molecule has 0 aromatic heterocycles. The molecule has 1 heterocycles. The lowest BCUT2D eigenvalue weighted by Gasteiger charge is -2.05. The van der Waals surface area contributed by atoms with Crippen molar-refractivity contribution in [1.29, 1.82) is 5.41 Å². The number of hydrogen-bond donors (Lipinski definition) is 1. The lowest BCUT2D eigenvalue weighted by atomic mass is 9.99. The van der Waals surface area contributed by atoms with Gasteiger partial charge in [-0.3, -0.25) is 10.2 Å². The van der Waals surface area contributed by atoms with Gasteiger partial charge >= 0.3 is 0 Å². The average Bonchev–Trinajstić information content (AvgIpc) is 2.18. The zero-order valence-electron chi connectivity index (χ0n) is 8.77. The van der Waals surface area contributed by atoms with Gasteiger partial charge in [-0.2, -0.15) is 0 Å². The molecule has 0 radical (unpaired) electrons. The van der Waals surface area contributed by atoms with E-state index in [0.717, 1.165) is 11.1 Å². The summed E-state index contributed by atoms with van der Waals surface area (Å²) in [5.74, 6) is 0.0942. The maximum Gasteiger partial charge on any atom is 0.166 e. The van der Waals surface area contributed by atoms with Crippen LogP contribution in [0.1, 0.15) is 27.2 Å². The van der Waals surface area contributed by atoms with Crippen LogP contribution in [0.3, 0.4) is 0 Å². The fourth-order valence-electron chi connectivity index (χ4n) is 1.35. The van der Waals surface area contributed by atoms with Crippen molar-refractivity contribution in [3.05, 3.63) is 23.3 Å². The number of hydrogen-bond acceptors (Lipinski definition) is 2. The van der Waals surface area contributed by atoms with Crippen LogP contribution in [-0.4, -0.2) is 17.3 Å². The zero-order chi connectivity index (χ0) is 10.9. The van der Waals surface area contributed by atoms with Crippen LogP contribution >= 0.6 is 0 Å². The van der Waals surface area contributed by atoms with Gasteiger partial charge in [-0.25, -0.2) is 4.99 Å². The Hall–Kier alpha value is -1.51. The molecule has 0 aromatic carbocycles. The molecule has 0 bridgehead atoms. The lowest BCUT2D eigenvalue weighted by Crippen LogP contribution is -2.05. The molecule has 0 aliphatic carbocycles. The molecule has 0 saturated heterocycles. The Bertz CT molecular complexity index is 386. The van der Waals surface area contributed by atoms with Gasteiger partial charge in [-0.15, -0.1) is 0 Å². The molecule has 0 atom stereocenters. The van der Waals surface area contributed by atoms with E-state index in [1.807, 2.05) is 13.8 Å². The maximum atomic E-state index is 11.5. The van der Waals surface area contributed by atoms with Crippen molar-refractivity contribution in [2.45, 2.75) is 27.2 Å². The smallest absolute Gasteiger partial charge is 0.166 e. The number of allylic oxidation sites excluding steroid dienone is 3. The first-order valence-corrected chi connectivity index (χ1v) is 4.46. The SMILES string of the molecule is C=C(C)C1=NC(=N)CC(=O)C(C)=C1C. The number of Topliss-reactive ketones (excluding diaryl/α,β-unsaturated/α-hetero) is 1. The molecule has 0 saturated carbocycles. The fraction of sp³-hybridized carbons (Fsp3) is 0.364. The number of ketones is 1. The standard InChI is InChI=1S/C11H14N2O/c1-6(2)11-8(4)7(3)9(14)5-10(12)13-11/h12H,1,5H2,2-4H3. The largest absolute Gasteiger partial charge is 0.294 e. The van der Waals surface area contributed by atoms with Gasteiger partial charge in [-0.1, -0.05) is 6.58 Å². The Kier molecular flexibility index (Phi) is 2.79. The molecular formula is C11H14N2O. The molecule has 1 aliphatic rings. The minimum Gasteiger partial charge on any atom is -0.294 e. The van der Waals surface area contributed by atoms with Crippen molar-refractivity contribution in [1.82, 2.24) is 0 Å². The first kappa shape index (κ1) is 10.6. The summed E-state index contributed by atoms with van der Waals surface area (Å²) in [5.41, 5.74) is 3.00. The number of aliphatic imine (C=N–C) groups is 1. The Morgan fingerprint density at radius 2 is 2.00 bits per heavy atom. The summed E-state index contributed by atoms with van der Waals surface area (Å²) in [6.07, 6.45) is 0.0972. The van der Waals surface area contributed by atoms with Crippen LogP contribution in [0.15, 0.2) is 28.3 Å². The van der Waals surface area contributed by atoms with Gasteiger partial charge < -0.3 is 0 Å². The summed E-state index contributed by atoms with van der Waals surface area (Å²) < 4.78 is 0. The van der Waals surface area contributed by atoms with Crippen LogP contribution in [-0.2, 0) is 4.79 Å². The number of carbonyl (C=O) groups is 1. The highest BCUT2D eigenvalue weighted by atomic mass is 16.1. The summed E-state index contributed by atoms with van der Waals surface area (Å²) >= 11 is 0. The summed E-state index contributed by atoms with van der Waals surface area (Å²) in [6.45, 7) is 9.24. The van der Waals surface area contributed by atoms with E-state index in [1.54, 1.807) is 6.92 Å². The van der Waals surface area contributed by atoms with Gasteiger partial charge in [0.2, 0.25) is 0 Å². The molecule has 3 nitrogen and oxygen atoms in total. The number of nitrogens with zero attached hydrogens (tertiary/aromatic N) is 1. The number of rotatable bonds is 1. The molecule has 1 rings (SSSR count). The summed E-state index contributed by atoms with van der Waals surface area (Å²) in [4.78, 5) is 15.6. The van der Waals surface area contributed by atoms with E-state index in [0.29, 0.717) is 11.3 Å². The number of carbonyl (C=O) groups excluding carboxylic acids is 1. The van der Waals surface area contributed by atoms with Gasteiger partial charge in [0.1, 0.15) is 5.84 Å². The molecule has 0 aromatic rings. The Balaban J connectivity index is 3.31. The van der Waals surface area contributed by atoms with Crippen molar-refractivity contribution in [2.24, 2.45) is 4.99 Å².